The van der Waals surface area contributed by atoms with E-state index in [1.807, 2.05) is 13.8 Å². The summed E-state index contributed by atoms with van der Waals surface area (Å²) in [6.07, 6.45) is 0. The predicted molar refractivity (Wildman–Crippen MR) is 57.1 cm³/mol. The van der Waals surface area contributed by atoms with Crippen molar-refractivity contribution in [1.29, 1.82) is 0 Å². The molecule has 0 aliphatic heterocycles. The van der Waals surface area contributed by atoms with Gasteiger partial charge in [0.2, 0.25) is 0 Å². The average Bonchev–Trinajstić information content (AvgIpc) is 2.27. The highest BCUT2D eigenvalue weighted by Gasteiger charge is 2.17. The van der Waals surface area contributed by atoms with Gasteiger partial charge in [-0.25, -0.2) is 0 Å². The first-order valence-corrected chi connectivity index (χ1v) is 5.20. The zero-order valence-corrected chi connectivity index (χ0v) is 9.47. The molecule has 4 heteroatoms. The van der Waals surface area contributed by atoms with Crippen LogP contribution < -0.4 is 5.32 Å². The first-order chi connectivity index (χ1) is 6.07. The molecule has 72 valence electrons. The van der Waals surface area contributed by atoms with Crippen LogP contribution in [0.4, 0.5) is 0 Å². The molecule has 1 aromatic heterocycles. The summed E-state index contributed by atoms with van der Waals surface area (Å²) < 4.78 is 0. The average molecular weight is 218 g/mol. The molecule has 2 nitrogen and oxygen atoms in total. The van der Waals surface area contributed by atoms with Gasteiger partial charge in [-0.2, -0.15) is 0 Å². The van der Waals surface area contributed by atoms with E-state index in [2.05, 4.69) is 5.32 Å². The number of ketones is 1. The Morgan fingerprint density at radius 2 is 2.08 bits per heavy atom. The van der Waals surface area contributed by atoms with Crippen molar-refractivity contribution in [3.05, 3.63) is 20.3 Å². The summed E-state index contributed by atoms with van der Waals surface area (Å²) in [7, 11) is 1.75. The maximum Gasteiger partial charge on any atom is 0.179 e. The third-order valence-corrected chi connectivity index (χ3v) is 3.41. The largest absolute Gasteiger partial charge is 0.313 e. The van der Waals surface area contributed by atoms with E-state index in [0.29, 0.717) is 17.1 Å². The molecule has 0 bridgehead atoms. The quantitative estimate of drug-likeness (QED) is 0.788. The van der Waals surface area contributed by atoms with Crippen molar-refractivity contribution in [3.63, 3.8) is 0 Å². The van der Waals surface area contributed by atoms with E-state index < -0.39 is 0 Å². The lowest BCUT2D eigenvalue weighted by Crippen LogP contribution is -2.18. The van der Waals surface area contributed by atoms with E-state index in [1.165, 1.54) is 0 Å². The van der Waals surface area contributed by atoms with Gasteiger partial charge in [0, 0.05) is 9.75 Å². The lowest BCUT2D eigenvalue weighted by atomic mass is 10.1. The summed E-state index contributed by atoms with van der Waals surface area (Å²) in [5, 5.41) is 3.44. The standard InChI is InChI=1S/C9H12ClNOS/c1-5-8(7(12)4-11-3)9(10)6(2)13-5/h11H,4H2,1-3H3. The molecule has 0 atom stereocenters. The van der Waals surface area contributed by atoms with Crippen molar-refractivity contribution in [2.45, 2.75) is 13.8 Å². The number of likely N-dealkylation sites (N-methyl/N-ethyl adjacent to an activating group) is 1. The normalized spacial score (nSPS) is 10.5. The van der Waals surface area contributed by atoms with Crippen molar-refractivity contribution in [1.82, 2.24) is 5.32 Å². The Balaban J connectivity index is 3.06. The summed E-state index contributed by atoms with van der Waals surface area (Å²) >= 11 is 7.58. The molecule has 1 heterocycles. The van der Waals surface area contributed by atoms with Crippen molar-refractivity contribution in [2.75, 3.05) is 13.6 Å². The van der Waals surface area contributed by atoms with Crippen molar-refractivity contribution < 1.29 is 4.79 Å². The lowest BCUT2D eigenvalue weighted by Gasteiger charge is -1.99. The maximum atomic E-state index is 11.6. The van der Waals surface area contributed by atoms with Gasteiger partial charge in [0.15, 0.2) is 5.78 Å². The number of carbonyl (C=O) groups excluding carboxylic acids is 1. The van der Waals surface area contributed by atoms with Crippen LogP contribution in [-0.4, -0.2) is 19.4 Å². The van der Waals surface area contributed by atoms with Gasteiger partial charge >= 0.3 is 0 Å². The van der Waals surface area contributed by atoms with Crippen LogP contribution in [0.15, 0.2) is 0 Å². The van der Waals surface area contributed by atoms with Crippen molar-refractivity contribution in [3.8, 4) is 0 Å². The van der Waals surface area contributed by atoms with Crippen LogP contribution in [0.1, 0.15) is 20.1 Å². The molecule has 0 saturated carbocycles. The molecular formula is C9H12ClNOS. The van der Waals surface area contributed by atoms with Crippen LogP contribution in [0, 0.1) is 13.8 Å². The smallest absolute Gasteiger partial charge is 0.179 e. The molecule has 0 aromatic carbocycles. The molecular weight excluding hydrogens is 206 g/mol. The van der Waals surface area contributed by atoms with E-state index in [4.69, 9.17) is 11.6 Å². The van der Waals surface area contributed by atoms with Crippen LogP contribution in [0.5, 0.6) is 0 Å². The molecule has 0 amide bonds. The van der Waals surface area contributed by atoms with Crippen molar-refractivity contribution >= 4 is 28.7 Å². The predicted octanol–water partition coefficient (Wildman–Crippen LogP) is 2.42. The molecule has 0 fully saturated rings. The van der Waals surface area contributed by atoms with Crippen LogP contribution in [0.2, 0.25) is 5.02 Å². The van der Waals surface area contributed by atoms with Gasteiger partial charge < -0.3 is 5.32 Å². The molecule has 0 spiro atoms. The SMILES string of the molecule is CNCC(=O)c1c(C)sc(C)c1Cl. The fourth-order valence-electron chi connectivity index (χ4n) is 1.22. The van der Waals surface area contributed by atoms with Gasteiger partial charge in [0.25, 0.3) is 0 Å². The Morgan fingerprint density at radius 1 is 1.46 bits per heavy atom. The Labute approximate surface area is 86.9 Å². The summed E-state index contributed by atoms with van der Waals surface area (Å²) in [6.45, 7) is 4.19. The van der Waals surface area contributed by atoms with Crippen LogP contribution in [-0.2, 0) is 0 Å². The number of hydrogen-bond donors (Lipinski definition) is 1. The molecule has 0 radical (unpaired) electrons. The molecule has 1 aromatic rings. The lowest BCUT2D eigenvalue weighted by molar-refractivity contribution is 0.0993. The Morgan fingerprint density at radius 3 is 2.46 bits per heavy atom. The molecule has 0 aliphatic rings. The van der Waals surface area contributed by atoms with Gasteiger partial charge in [-0.3, -0.25) is 4.79 Å². The third-order valence-electron chi connectivity index (χ3n) is 1.80. The molecule has 1 rings (SSSR count). The summed E-state index contributed by atoms with van der Waals surface area (Å²) in [6, 6.07) is 0. The van der Waals surface area contributed by atoms with Crippen molar-refractivity contribution in [2.24, 2.45) is 0 Å². The summed E-state index contributed by atoms with van der Waals surface area (Å²) in [4.78, 5) is 13.6. The minimum absolute atomic E-state index is 0.0642. The van der Waals surface area contributed by atoms with Gasteiger partial charge in [-0.05, 0) is 20.9 Å². The number of Topliss-reactive ketones (excluding diaryl/α,β-unsaturated/α-hetero) is 1. The highest BCUT2D eigenvalue weighted by atomic mass is 35.5. The monoisotopic (exact) mass is 217 g/mol. The number of aryl methyl sites for hydroxylation is 2. The molecule has 0 aliphatic carbocycles. The third kappa shape index (κ3) is 2.10. The van der Waals surface area contributed by atoms with Gasteiger partial charge in [-0.15, -0.1) is 11.3 Å². The summed E-state index contributed by atoms with van der Waals surface area (Å²) in [5.41, 5.74) is 0.679. The van der Waals surface area contributed by atoms with Crippen LogP contribution in [0.25, 0.3) is 0 Å². The fourth-order valence-corrected chi connectivity index (χ4v) is 2.61. The number of rotatable bonds is 3. The Kier molecular flexibility index (Phi) is 3.47. The zero-order valence-electron chi connectivity index (χ0n) is 7.90. The highest BCUT2D eigenvalue weighted by Crippen LogP contribution is 2.31. The minimum Gasteiger partial charge on any atom is -0.313 e. The van der Waals surface area contributed by atoms with E-state index in [1.54, 1.807) is 18.4 Å². The topological polar surface area (TPSA) is 29.1 Å². The number of thiophene rings is 1. The second kappa shape index (κ2) is 4.22. The van der Waals surface area contributed by atoms with Crippen LogP contribution in [0.3, 0.4) is 0 Å². The second-order valence-corrected chi connectivity index (χ2v) is 4.66. The first-order valence-electron chi connectivity index (χ1n) is 4.01. The minimum atomic E-state index is 0.0642. The number of carbonyl (C=O) groups is 1. The molecule has 1 N–H and O–H groups in total. The van der Waals surface area contributed by atoms with E-state index in [9.17, 15) is 4.79 Å². The second-order valence-electron chi connectivity index (χ2n) is 2.86. The van der Waals surface area contributed by atoms with E-state index in [-0.39, 0.29) is 5.78 Å². The molecule has 13 heavy (non-hydrogen) atoms. The molecule has 0 saturated heterocycles. The fraction of sp³-hybridized carbons (Fsp3) is 0.444. The molecule has 0 unspecified atom stereocenters. The highest BCUT2D eigenvalue weighted by molar-refractivity contribution is 7.13. The number of nitrogens with one attached hydrogen (secondary N) is 1. The van der Waals surface area contributed by atoms with Gasteiger partial charge in [-0.1, -0.05) is 11.6 Å². The van der Waals surface area contributed by atoms with E-state index in [0.717, 1.165) is 9.75 Å². The van der Waals surface area contributed by atoms with Crippen LogP contribution >= 0.6 is 22.9 Å². The van der Waals surface area contributed by atoms with Gasteiger partial charge in [0.05, 0.1) is 17.1 Å². The van der Waals surface area contributed by atoms with E-state index >= 15 is 0 Å². The summed E-state index contributed by atoms with van der Waals surface area (Å²) in [5.74, 6) is 0.0642. The zero-order chi connectivity index (χ0) is 10.0. The Hall–Kier alpha value is -0.380. The van der Waals surface area contributed by atoms with Gasteiger partial charge in [0.1, 0.15) is 0 Å². The number of halogens is 1. The first kappa shape index (κ1) is 10.7. The maximum absolute atomic E-state index is 11.6. The Bertz CT molecular complexity index is 333. The number of hydrogen-bond acceptors (Lipinski definition) is 3.